The van der Waals surface area contributed by atoms with E-state index < -0.39 is 0 Å². The van der Waals surface area contributed by atoms with E-state index in [1.165, 1.54) is 29.0 Å². The summed E-state index contributed by atoms with van der Waals surface area (Å²) >= 11 is 1.78. The van der Waals surface area contributed by atoms with Crippen LogP contribution in [0.15, 0.2) is 30.3 Å². The maximum atomic E-state index is 4.79. The number of nitrogens with zero attached hydrogens (tertiary/aromatic N) is 1. The monoisotopic (exact) mass is 258 g/mol. The first-order valence-electron chi connectivity index (χ1n) is 6.58. The summed E-state index contributed by atoms with van der Waals surface area (Å²) in [7, 11) is 0. The largest absolute Gasteiger partial charge is 0.241 e. The number of thiazole rings is 1. The van der Waals surface area contributed by atoms with Crippen LogP contribution in [0.3, 0.4) is 0 Å². The zero-order valence-electron chi connectivity index (χ0n) is 11.1. The fraction of sp³-hybridized carbons (Fsp3) is 0.375. The topological polar surface area (TPSA) is 12.9 Å². The molecule has 0 saturated carbocycles. The van der Waals surface area contributed by atoms with Crippen molar-refractivity contribution in [3.05, 3.63) is 47.8 Å². The summed E-state index contributed by atoms with van der Waals surface area (Å²) in [5, 5.41) is 1.12. The van der Waals surface area contributed by atoms with Crippen molar-refractivity contribution in [2.75, 3.05) is 0 Å². The van der Waals surface area contributed by atoms with Gasteiger partial charge in [0.1, 0.15) is 5.01 Å². The van der Waals surface area contributed by atoms with Crippen LogP contribution in [0.2, 0.25) is 0 Å². The van der Waals surface area contributed by atoms with Crippen LogP contribution < -0.4 is 0 Å². The first-order valence-corrected chi connectivity index (χ1v) is 7.39. The third-order valence-electron chi connectivity index (χ3n) is 3.15. The Morgan fingerprint density at radius 3 is 2.67 bits per heavy atom. The van der Waals surface area contributed by atoms with E-state index in [2.05, 4.69) is 45.0 Å². The molecule has 1 aromatic heterocycles. The van der Waals surface area contributed by atoms with E-state index in [1.54, 1.807) is 11.3 Å². The highest BCUT2D eigenvalue weighted by molar-refractivity contribution is 7.15. The van der Waals surface area contributed by atoms with E-state index in [9.17, 15) is 0 Å². The van der Waals surface area contributed by atoms with E-state index >= 15 is 0 Å². The Morgan fingerprint density at radius 1 is 1.28 bits per heavy atom. The first-order chi connectivity index (χ1) is 8.72. The minimum atomic E-state index is 0.332. The van der Waals surface area contributed by atoms with E-state index in [-0.39, 0.29) is 0 Å². The quantitative estimate of drug-likeness (QED) is 0.716. The first kappa shape index (κ1) is 13.3. The lowest BCUT2D eigenvalue weighted by Crippen LogP contribution is -1.96. The van der Waals surface area contributed by atoms with Gasteiger partial charge in [0.05, 0.1) is 5.69 Å². The van der Waals surface area contributed by atoms with Crippen LogP contribution in [0.1, 0.15) is 42.7 Å². The summed E-state index contributed by atoms with van der Waals surface area (Å²) in [6, 6.07) is 10.4. The van der Waals surface area contributed by atoms with Crippen LogP contribution in [0, 0.1) is 13.8 Å². The Kier molecular flexibility index (Phi) is 4.54. The molecule has 0 bridgehead atoms. The zero-order valence-corrected chi connectivity index (χ0v) is 12.0. The van der Waals surface area contributed by atoms with E-state index in [4.69, 9.17) is 4.98 Å². The molecule has 18 heavy (non-hydrogen) atoms. The van der Waals surface area contributed by atoms with Gasteiger partial charge in [0.15, 0.2) is 0 Å². The molecule has 1 aromatic carbocycles. The maximum absolute atomic E-state index is 4.79. The lowest BCUT2D eigenvalue weighted by molar-refractivity contribution is 0.650. The van der Waals surface area contributed by atoms with E-state index in [0.717, 1.165) is 11.4 Å². The second kappa shape index (κ2) is 6.14. The minimum absolute atomic E-state index is 0.332. The average molecular weight is 258 g/mol. The van der Waals surface area contributed by atoms with Crippen molar-refractivity contribution < 1.29 is 0 Å². The van der Waals surface area contributed by atoms with E-state index in [1.807, 2.05) is 6.07 Å². The summed E-state index contributed by atoms with van der Waals surface area (Å²) < 4.78 is 0. The smallest absolute Gasteiger partial charge is 0.123 e. The van der Waals surface area contributed by atoms with Crippen molar-refractivity contribution in [1.82, 2.24) is 4.98 Å². The lowest BCUT2D eigenvalue weighted by atomic mass is 10.0. The number of aryl methyl sites for hydroxylation is 1. The molecule has 0 aliphatic carbocycles. The van der Waals surface area contributed by atoms with Crippen molar-refractivity contribution >= 4 is 11.3 Å². The van der Waals surface area contributed by atoms with Gasteiger partial charge in [0.2, 0.25) is 0 Å². The number of unbranched alkanes of at least 4 members (excludes halogenated alkanes) is 1. The summed E-state index contributed by atoms with van der Waals surface area (Å²) in [5.41, 5.74) is 2.40. The molecule has 1 nitrogen and oxygen atoms in total. The van der Waals surface area contributed by atoms with Crippen LogP contribution in [0.5, 0.6) is 0 Å². The van der Waals surface area contributed by atoms with Crippen molar-refractivity contribution in [3.8, 4) is 10.6 Å². The number of benzene rings is 1. The SMILES string of the molecule is [CH2]C(CCCC)c1nc(-c2ccccc2)sc1C. The molecule has 1 unspecified atom stereocenters. The predicted molar refractivity (Wildman–Crippen MR) is 79.9 cm³/mol. The zero-order chi connectivity index (χ0) is 13.0. The average Bonchev–Trinajstić information content (AvgIpc) is 2.79. The second-order valence-electron chi connectivity index (χ2n) is 4.67. The molecule has 95 valence electrons. The van der Waals surface area contributed by atoms with E-state index in [0.29, 0.717) is 5.92 Å². The molecule has 2 aromatic rings. The minimum Gasteiger partial charge on any atom is -0.241 e. The lowest BCUT2D eigenvalue weighted by Gasteiger charge is -2.08. The molecular formula is C16H20NS. The Bertz CT molecular complexity index is 487. The molecule has 0 N–H and O–H groups in total. The van der Waals surface area contributed by atoms with Gasteiger partial charge >= 0.3 is 0 Å². The van der Waals surface area contributed by atoms with Crippen molar-refractivity contribution in [2.24, 2.45) is 0 Å². The summed E-state index contributed by atoms with van der Waals surface area (Å²) in [5.74, 6) is 0.332. The highest BCUT2D eigenvalue weighted by Crippen LogP contribution is 2.32. The maximum Gasteiger partial charge on any atom is 0.123 e. The Morgan fingerprint density at radius 2 is 2.00 bits per heavy atom. The van der Waals surface area contributed by atoms with Gasteiger partial charge < -0.3 is 0 Å². The normalized spacial score (nSPS) is 12.6. The van der Waals surface area contributed by atoms with Gasteiger partial charge in [0, 0.05) is 16.4 Å². The van der Waals surface area contributed by atoms with Crippen LogP contribution >= 0.6 is 11.3 Å². The highest BCUT2D eigenvalue weighted by Gasteiger charge is 2.14. The van der Waals surface area contributed by atoms with Crippen molar-refractivity contribution in [1.29, 1.82) is 0 Å². The molecule has 0 aliphatic rings. The fourth-order valence-electron chi connectivity index (χ4n) is 2.08. The van der Waals surface area contributed by atoms with Crippen LogP contribution in [0.25, 0.3) is 10.6 Å². The number of rotatable bonds is 5. The van der Waals surface area contributed by atoms with Gasteiger partial charge in [-0.25, -0.2) is 4.98 Å². The number of hydrogen-bond acceptors (Lipinski definition) is 2. The molecule has 1 atom stereocenters. The standard InChI is InChI=1S/C16H20NS/c1-4-5-9-12(2)15-13(3)18-16(17-15)14-10-7-6-8-11-14/h6-8,10-12H,2,4-5,9H2,1,3H3. The molecule has 2 rings (SSSR count). The van der Waals surface area contributed by atoms with Crippen LogP contribution in [-0.2, 0) is 0 Å². The van der Waals surface area contributed by atoms with Gasteiger partial charge in [-0.2, -0.15) is 0 Å². The Hall–Kier alpha value is -1.15. The third-order valence-corrected chi connectivity index (χ3v) is 4.18. The number of aromatic nitrogens is 1. The molecule has 0 aliphatic heterocycles. The predicted octanol–water partition coefficient (Wildman–Crippen LogP) is 5.23. The molecule has 0 saturated heterocycles. The molecular weight excluding hydrogens is 238 g/mol. The van der Waals surface area contributed by atoms with Gasteiger partial charge in [-0.1, -0.05) is 50.1 Å². The summed E-state index contributed by atoms with van der Waals surface area (Å²) in [4.78, 5) is 6.10. The Labute approximate surface area is 114 Å². The molecule has 1 radical (unpaired) electrons. The molecule has 0 amide bonds. The van der Waals surface area contributed by atoms with Crippen LogP contribution in [-0.4, -0.2) is 4.98 Å². The van der Waals surface area contributed by atoms with Gasteiger partial charge in [-0.05, 0) is 20.3 Å². The van der Waals surface area contributed by atoms with Gasteiger partial charge in [0.25, 0.3) is 0 Å². The highest BCUT2D eigenvalue weighted by atomic mass is 32.1. The molecule has 2 heteroatoms. The van der Waals surface area contributed by atoms with Crippen LogP contribution in [0.4, 0.5) is 0 Å². The summed E-state index contributed by atoms with van der Waals surface area (Å²) in [6.07, 6.45) is 3.59. The third kappa shape index (κ3) is 2.99. The number of hydrogen-bond donors (Lipinski definition) is 0. The van der Waals surface area contributed by atoms with Gasteiger partial charge in [-0.3, -0.25) is 0 Å². The van der Waals surface area contributed by atoms with Crippen molar-refractivity contribution in [2.45, 2.75) is 39.0 Å². The molecule has 0 spiro atoms. The molecule has 0 fully saturated rings. The summed E-state index contributed by atoms with van der Waals surface area (Å²) in [6.45, 7) is 8.63. The fourth-order valence-corrected chi connectivity index (χ4v) is 3.08. The Balaban J connectivity index is 2.22. The van der Waals surface area contributed by atoms with Gasteiger partial charge in [-0.15, -0.1) is 11.3 Å². The second-order valence-corrected chi connectivity index (χ2v) is 5.87. The molecule has 1 heterocycles. The van der Waals surface area contributed by atoms with Crippen molar-refractivity contribution in [3.63, 3.8) is 0 Å².